The number of nitrogens with one attached hydrogen (secondary N) is 3. The monoisotopic (exact) mass is 746 g/mol. The first kappa shape index (κ1) is 40.3. The largest absolute Gasteiger partial charge is 0.486 e. The van der Waals surface area contributed by atoms with Crippen LogP contribution in [0.4, 0.5) is 4.39 Å². The van der Waals surface area contributed by atoms with E-state index in [2.05, 4.69) is 26.3 Å². The zero-order chi connectivity index (χ0) is 38.6. The minimum atomic E-state index is -0.992. The van der Waals surface area contributed by atoms with E-state index in [0.717, 1.165) is 50.2 Å². The van der Waals surface area contributed by atoms with Crippen molar-refractivity contribution < 1.29 is 28.3 Å². The second kappa shape index (κ2) is 19.5. The minimum absolute atomic E-state index is 0.00427. The van der Waals surface area contributed by atoms with Crippen molar-refractivity contribution >= 4 is 23.6 Å². The highest BCUT2D eigenvalue weighted by Gasteiger charge is 2.44. The van der Waals surface area contributed by atoms with Gasteiger partial charge < -0.3 is 30.5 Å². The first-order chi connectivity index (χ1) is 26.0. The number of nitrogens with zero attached hydrogens (tertiary/aromatic N) is 5. The van der Waals surface area contributed by atoms with Gasteiger partial charge in [-0.25, -0.2) is 4.39 Å². The molecule has 2 bridgehead atoms. The average Bonchev–Trinajstić information content (AvgIpc) is 3.81. The number of carbonyl (C=O) groups is 4. The lowest BCUT2D eigenvalue weighted by atomic mass is 10.0. The predicted octanol–water partition coefficient (Wildman–Crippen LogP) is 3.87. The second-order valence-electron chi connectivity index (χ2n) is 14.9. The summed E-state index contributed by atoms with van der Waals surface area (Å²) in [6.07, 6.45) is 8.50. The number of benzene rings is 2. The predicted molar refractivity (Wildman–Crippen MR) is 202 cm³/mol. The summed E-state index contributed by atoms with van der Waals surface area (Å²) in [6.45, 7) is 5.28. The van der Waals surface area contributed by atoms with Gasteiger partial charge >= 0.3 is 0 Å². The summed E-state index contributed by atoms with van der Waals surface area (Å²) in [4.78, 5) is 59.6. The number of amides is 4. The number of ether oxygens (including phenoxy) is 1. The molecular formula is C40H55FN8O5. The van der Waals surface area contributed by atoms with Crippen LogP contribution in [0.25, 0.3) is 0 Å². The van der Waals surface area contributed by atoms with E-state index in [1.54, 1.807) is 25.0 Å². The standard InChI is InChI=1S/C40H55FN8O5/c1-27(2)20-33-39(52)49-25-30(42-3)23-35(49)40(53)47(4)34(21-28-14-10-9-11-15-28)38(51)43-18-12-7-5-6-8-13-19-48-24-31(45-46-48)26-54-36-22-29(41)16-17-32(36)37(50)44-33/h9-11,14-17,22,24,27,30,33-35,42H,5-8,12-13,18-21,23,25-26H2,1-4H3,(H,43,51)(H,44,50)/t30?,33-,34+,35-/m1/s1. The van der Waals surface area contributed by atoms with E-state index in [1.165, 1.54) is 21.9 Å². The van der Waals surface area contributed by atoms with Gasteiger partial charge in [-0.05, 0) is 56.3 Å². The third-order valence-electron chi connectivity index (χ3n) is 10.2. The van der Waals surface area contributed by atoms with Gasteiger partial charge in [0.1, 0.15) is 42.0 Å². The Bertz CT molecular complexity index is 1720. The number of fused-ring (bicyclic) bond motifs is 4. The lowest BCUT2D eigenvalue weighted by Crippen LogP contribution is -2.57. The van der Waals surface area contributed by atoms with E-state index < -0.39 is 35.8 Å². The lowest BCUT2D eigenvalue weighted by Gasteiger charge is -2.34. The molecule has 3 heterocycles. The number of hydrogen-bond acceptors (Lipinski definition) is 8. The topological polar surface area (TPSA) is 151 Å². The van der Waals surface area contributed by atoms with Crippen LogP contribution in [0.2, 0.25) is 0 Å². The van der Waals surface area contributed by atoms with Crippen LogP contribution < -0.4 is 20.7 Å². The molecule has 1 aromatic heterocycles. The summed E-state index contributed by atoms with van der Waals surface area (Å²) in [5.41, 5.74) is 1.50. The molecule has 3 aromatic rings. The van der Waals surface area contributed by atoms with Crippen molar-refractivity contribution in [3.05, 3.63) is 77.4 Å². The summed E-state index contributed by atoms with van der Waals surface area (Å²) in [7, 11) is 3.41. The van der Waals surface area contributed by atoms with Crippen molar-refractivity contribution in [3.8, 4) is 5.75 Å². The van der Waals surface area contributed by atoms with Gasteiger partial charge in [-0.15, -0.1) is 5.10 Å². The molecule has 2 aliphatic rings. The number of likely N-dealkylation sites (N-methyl/N-ethyl adjacent to an activating group) is 2. The van der Waals surface area contributed by atoms with Crippen molar-refractivity contribution in [2.75, 3.05) is 27.2 Å². The molecule has 1 saturated heterocycles. The fourth-order valence-electron chi connectivity index (χ4n) is 7.19. The molecule has 13 nitrogen and oxygen atoms in total. The highest BCUT2D eigenvalue weighted by Crippen LogP contribution is 2.26. The fraction of sp³-hybridized carbons (Fsp3) is 0.550. The maximum absolute atomic E-state index is 14.5. The van der Waals surface area contributed by atoms with Crippen LogP contribution >= 0.6 is 0 Å². The number of carbonyl (C=O) groups excluding carboxylic acids is 4. The van der Waals surface area contributed by atoms with Crippen LogP contribution in [-0.4, -0.2) is 99.8 Å². The molecule has 0 radical (unpaired) electrons. The van der Waals surface area contributed by atoms with E-state index in [0.29, 0.717) is 38.0 Å². The van der Waals surface area contributed by atoms with Crippen LogP contribution in [0, 0.1) is 11.7 Å². The Hall–Kier alpha value is -4.85. The Kier molecular flexibility index (Phi) is 14.5. The lowest BCUT2D eigenvalue weighted by molar-refractivity contribution is -0.147. The third kappa shape index (κ3) is 10.9. The zero-order valence-corrected chi connectivity index (χ0v) is 31.9. The molecule has 4 amide bonds. The number of aryl methyl sites for hydroxylation is 1. The zero-order valence-electron chi connectivity index (χ0n) is 31.9. The van der Waals surface area contributed by atoms with Crippen LogP contribution in [0.5, 0.6) is 5.75 Å². The molecule has 2 aromatic carbocycles. The van der Waals surface area contributed by atoms with E-state index in [1.807, 2.05) is 44.2 Å². The summed E-state index contributed by atoms with van der Waals surface area (Å²) >= 11 is 0. The molecule has 2 aliphatic heterocycles. The maximum Gasteiger partial charge on any atom is 0.255 e. The maximum atomic E-state index is 14.5. The third-order valence-corrected chi connectivity index (χ3v) is 10.2. The van der Waals surface area contributed by atoms with E-state index in [9.17, 15) is 23.6 Å². The van der Waals surface area contributed by atoms with E-state index >= 15 is 0 Å². The number of aromatic nitrogens is 3. The summed E-state index contributed by atoms with van der Waals surface area (Å²) in [6, 6.07) is 10.4. The van der Waals surface area contributed by atoms with Crippen LogP contribution in [0.15, 0.2) is 54.7 Å². The van der Waals surface area contributed by atoms with E-state index in [-0.39, 0.29) is 48.2 Å². The fourth-order valence-corrected chi connectivity index (χ4v) is 7.19. The average molecular weight is 747 g/mol. The van der Waals surface area contributed by atoms with Gasteiger partial charge in [0.25, 0.3) is 5.91 Å². The molecule has 14 heteroatoms. The van der Waals surface area contributed by atoms with E-state index in [4.69, 9.17) is 4.74 Å². The Labute approximate surface area is 317 Å². The molecule has 0 saturated carbocycles. The number of halogens is 1. The van der Waals surface area contributed by atoms with Gasteiger partial charge in [-0.1, -0.05) is 75.1 Å². The molecule has 5 rings (SSSR count). The Morgan fingerprint density at radius 1 is 0.981 bits per heavy atom. The quantitative estimate of drug-likeness (QED) is 0.356. The van der Waals surface area contributed by atoms with Gasteiger partial charge in [0, 0.05) is 45.2 Å². The van der Waals surface area contributed by atoms with Crippen LogP contribution in [0.3, 0.4) is 0 Å². The highest BCUT2D eigenvalue weighted by atomic mass is 19.1. The molecular weight excluding hydrogens is 691 g/mol. The van der Waals surface area contributed by atoms with Crippen LogP contribution in [0.1, 0.15) is 86.8 Å². The SMILES string of the molecule is CNC1C[C@@H]2C(=O)N(C)[C@@H](Cc3ccccc3)C(=O)NCCCCCCCCn3cc(nn3)COc3cc(F)ccc3C(=O)N[C@H](CC(C)C)C(=O)N2C1. The number of hydrogen-bond donors (Lipinski definition) is 3. The molecule has 292 valence electrons. The molecule has 54 heavy (non-hydrogen) atoms. The normalized spacial score (nSPS) is 23.0. The Balaban J connectivity index is 1.44. The molecule has 1 unspecified atom stereocenters. The summed E-state index contributed by atoms with van der Waals surface area (Å²) < 4.78 is 22.1. The summed E-state index contributed by atoms with van der Waals surface area (Å²) in [5.74, 6) is -2.19. The highest BCUT2D eigenvalue weighted by molar-refractivity contribution is 6.00. The van der Waals surface area contributed by atoms with Gasteiger partial charge in [0.2, 0.25) is 17.7 Å². The molecule has 0 aliphatic carbocycles. The number of rotatable bonds is 5. The van der Waals surface area contributed by atoms with Gasteiger partial charge in [-0.3, -0.25) is 23.9 Å². The van der Waals surface area contributed by atoms with Crippen molar-refractivity contribution in [1.29, 1.82) is 0 Å². The van der Waals surface area contributed by atoms with Gasteiger partial charge in [0.05, 0.1) is 11.8 Å². The Morgan fingerprint density at radius 3 is 2.46 bits per heavy atom. The molecule has 4 atom stereocenters. The molecule has 3 N–H and O–H groups in total. The first-order valence-electron chi connectivity index (χ1n) is 19.2. The molecule has 0 spiro atoms. The van der Waals surface area contributed by atoms with Crippen LogP contribution in [-0.2, 0) is 34.0 Å². The van der Waals surface area contributed by atoms with Crippen molar-refractivity contribution in [2.24, 2.45) is 5.92 Å². The second-order valence-corrected chi connectivity index (χ2v) is 14.9. The summed E-state index contributed by atoms with van der Waals surface area (Å²) in [5, 5.41) is 17.5. The van der Waals surface area contributed by atoms with Crippen molar-refractivity contribution in [1.82, 2.24) is 40.7 Å². The molecule has 1 fully saturated rings. The van der Waals surface area contributed by atoms with Gasteiger partial charge in [0.15, 0.2) is 0 Å². The van der Waals surface area contributed by atoms with Crippen molar-refractivity contribution in [2.45, 2.75) is 109 Å². The smallest absolute Gasteiger partial charge is 0.255 e. The van der Waals surface area contributed by atoms with Gasteiger partial charge in [-0.2, -0.15) is 0 Å². The first-order valence-corrected chi connectivity index (χ1v) is 19.2. The van der Waals surface area contributed by atoms with Crippen molar-refractivity contribution in [3.63, 3.8) is 0 Å². The minimum Gasteiger partial charge on any atom is -0.486 e. The Morgan fingerprint density at radius 2 is 1.72 bits per heavy atom.